The number of aliphatic imine (C=N–C) groups is 1. The Balaban J connectivity index is 1.37. The van der Waals surface area contributed by atoms with Crippen molar-refractivity contribution < 1.29 is 5.11 Å². The third-order valence-electron chi connectivity index (χ3n) is 8.51. The van der Waals surface area contributed by atoms with Gasteiger partial charge in [-0.1, -0.05) is 128 Å². The molecule has 0 saturated heterocycles. The lowest BCUT2D eigenvalue weighted by Gasteiger charge is -2.46. The second-order valence-corrected chi connectivity index (χ2v) is 10.8. The molecule has 1 aliphatic heterocycles. The van der Waals surface area contributed by atoms with E-state index in [1.807, 2.05) is 0 Å². The van der Waals surface area contributed by atoms with Gasteiger partial charge in [-0.15, -0.1) is 0 Å². The molecule has 192 valence electrons. The van der Waals surface area contributed by atoms with Crippen LogP contribution in [0.3, 0.4) is 0 Å². The lowest BCUT2D eigenvalue weighted by molar-refractivity contribution is -0.0108. The molecule has 1 heterocycles. The molecule has 6 rings (SSSR count). The molecule has 3 heteroatoms. The van der Waals surface area contributed by atoms with Crippen LogP contribution in [0.15, 0.2) is 114 Å². The van der Waals surface area contributed by atoms with Crippen molar-refractivity contribution in [2.75, 3.05) is 0 Å². The maximum atomic E-state index is 12.1. The van der Waals surface area contributed by atoms with Gasteiger partial charge in [-0.05, 0) is 41.2 Å². The van der Waals surface area contributed by atoms with E-state index in [0.717, 1.165) is 50.1 Å². The number of aliphatic hydroxyl groups excluding tert-OH is 1. The predicted octanol–water partition coefficient (Wildman–Crippen LogP) is 8.06. The van der Waals surface area contributed by atoms with Crippen molar-refractivity contribution in [3.8, 4) is 0 Å². The van der Waals surface area contributed by atoms with E-state index in [1.165, 1.54) is 33.9 Å². The van der Waals surface area contributed by atoms with Crippen molar-refractivity contribution in [2.24, 2.45) is 10.4 Å². The zero-order valence-corrected chi connectivity index (χ0v) is 21.9. The van der Waals surface area contributed by atoms with Crippen LogP contribution < -0.4 is 5.32 Å². The van der Waals surface area contributed by atoms with Crippen molar-refractivity contribution in [3.05, 3.63) is 126 Å². The van der Waals surface area contributed by atoms with E-state index in [4.69, 9.17) is 4.99 Å². The van der Waals surface area contributed by atoms with E-state index in [1.54, 1.807) is 0 Å². The second-order valence-electron chi connectivity index (χ2n) is 10.8. The Morgan fingerprint density at radius 3 is 2.05 bits per heavy atom. The van der Waals surface area contributed by atoms with Gasteiger partial charge in [0.25, 0.3) is 0 Å². The lowest BCUT2D eigenvalue weighted by atomic mass is 9.60. The molecule has 1 unspecified atom stereocenters. The minimum Gasteiger partial charge on any atom is -0.371 e. The van der Waals surface area contributed by atoms with Crippen LogP contribution in [0.4, 0.5) is 0 Å². The third-order valence-corrected chi connectivity index (χ3v) is 8.51. The van der Waals surface area contributed by atoms with Crippen LogP contribution in [0.1, 0.15) is 67.6 Å². The van der Waals surface area contributed by atoms with E-state index >= 15 is 0 Å². The van der Waals surface area contributed by atoms with Crippen molar-refractivity contribution in [1.82, 2.24) is 5.32 Å². The molecule has 2 N–H and O–H groups in total. The quantitative estimate of drug-likeness (QED) is 0.281. The van der Waals surface area contributed by atoms with Gasteiger partial charge in [0, 0.05) is 29.0 Å². The summed E-state index contributed by atoms with van der Waals surface area (Å²) in [4.78, 5) is 5.08. The summed E-state index contributed by atoms with van der Waals surface area (Å²) in [6.07, 6.45) is 8.57. The Morgan fingerprint density at radius 1 is 0.711 bits per heavy atom. The lowest BCUT2D eigenvalue weighted by Crippen LogP contribution is -2.43. The highest BCUT2D eigenvalue weighted by Gasteiger charge is 2.47. The number of amidine groups is 1. The number of nitrogens with zero attached hydrogens (tertiary/aromatic N) is 1. The van der Waals surface area contributed by atoms with E-state index < -0.39 is 6.23 Å². The smallest absolute Gasteiger partial charge is 0.153 e. The average Bonchev–Trinajstić information content (AvgIpc) is 2.99. The molecule has 3 nitrogen and oxygen atoms in total. The fraction of sp³-hybridized carbons (Fsp3) is 0.286. The molecule has 0 bridgehead atoms. The van der Waals surface area contributed by atoms with Gasteiger partial charge in [0.05, 0.1) is 0 Å². The van der Waals surface area contributed by atoms with E-state index in [0.29, 0.717) is 0 Å². The fourth-order valence-corrected chi connectivity index (χ4v) is 6.69. The second kappa shape index (κ2) is 11.0. The number of allylic oxidation sites excluding steroid dienone is 1. The SMILES string of the molecule is OC(/N=C1\CCC=C(c2cccc3ccccc23)N1)C1(C(c2ccccc2)c2ccccc2)CCCCC1. The molecular formula is C35H36N2O. The van der Waals surface area contributed by atoms with Crippen LogP contribution in [-0.4, -0.2) is 17.2 Å². The summed E-state index contributed by atoms with van der Waals surface area (Å²) in [5.74, 6) is 0.967. The van der Waals surface area contributed by atoms with Crippen molar-refractivity contribution in [1.29, 1.82) is 0 Å². The van der Waals surface area contributed by atoms with Gasteiger partial charge in [-0.2, -0.15) is 0 Å². The zero-order chi connectivity index (χ0) is 25.8. The van der Waals surface area contributed by atoms with Gasteiger partial charge in [-0.3, -0.25) is 0 Å². The summed E-state index contributed by atoms with van der Waals surface area (Å²) in [5.41, 5.74) is 4.43. The molecule has 0 amide bonds. The van der Waals surface area contributed by atoms with Crippen LogP contribution in [-0.2, 0) is 0 Å². The number of benzene rings is 4. The Kier molecular flexibility index (Phi) is 7.11. The minimum absolute atomic E-state index is 0.0845. The van der Waals surface area contributed by atoms with Gasteiger partial charge in [0.1, 0.15) is 5.84 Å². The molecule has 38 heavy (non-hydrogen) atoms. The van der Waals surface area contributed by atoms with Crippen LogP contribution in [0.25, 0.3) is 16.5 Å². The first-order chi connectivity index (χ1) is 18.7. The summed E-state index contributed by atoms with van der Waals surface area (Å²) in [6, 6.07) is 36.4. The predicted molar refractivity (Wildman–Crippen MR) is 158 cm³/mol. The number of hydrogen-bond donors (Lipinski definition) is 2. The maximum absolute atomic E-state index is 12.1. The summed E-state index contributed by atoms with van der Waals surface area (Å²) >= 11 is 0. The summed E-state index contributed by atoms with van der Waals surface area (Å²) in [6.45, 7) is 0. The molecule has 1 fully saturated rings. The first-order valence-electron chi connectivity index (χ1n) is 14.0. The third kappa shape index (κ3) is 4.79. The standard InChI is InChI=1S/C35H36N2O/c38-34(37-32-23-13-22-31(36-32)30-21-12-19-26-14-8-9-20-29(26)30)35(24-10-3-11-25-35)33(27-15-4-1-5-16-27)28-17-6-2-7-18-28/h1-2,4-9,12,14-22,33-34,38H,3,10-11,13,23-25H2,(H,36,37). The first kappa shape index (κ1) is 24.6. The topological polar surface area (TPSA) is 44.6 Å². The molecular weight excluding hydrogens is 464 g/mol. The Morgan fingerprint density at radius 2 is 1.34 bits per heavy atom. The van der Waals surface area contributed by atoms with Crippen molar-refractivity contribution in [2.45, 2.75) is 57.1 Å². The van der Waals surface area contributed by atoms with Crippen molar-refractivity contribution >= 4 is 22.3 Å². The van der Waals surface area contributed by atoms with Gasteiger partial charge in [0.2, 0.25) is 0 Å². The number of aliphatic hydroxyl groups is 1. The highest BCUT2D eigenvalue weighted by Crippen LogP contribution is 2.53. The number of fused-ring (bicyclic) bond motifs is 1. The number of nitrogens with one attached hydrogen (secondary N) is 1. The Hall–Kier alpha value is -3.69. The van der Waals surface area contributed by atoms with Crippen LogP contribution in [0.5, 0.6) is 0 Å². The molecule has 4 aromatic rings. The van der Waals surface area contributed by atoms with Gasteiger partial charge < -0.3 is 10.4 Å². The number of hydrogen-bond acceptors (Lipinski definition) is 2. The fourth-order valence-electron chi connectivity index (χ4n) is 6.69. The van der Waals surface area contributed by atoms with Crippen LogP contribution in [0, 0.1) is 5.41 Å². The van der Waals surface area contributed by atoms with Crippen LogP contribution in [0.2, 0.25) is 0 Å². The summed E-state index contributed by atoms with van der Waals surface area (Å²) in [5, 5.41) is 18.1. The first-order valence-corrected chi connectivity index (χ1v) is 14.0. The molecule has 2 aliphatic rings. The average molecular weight is 501 g/mol. The molecule has 0 radical (unpaired) electrons. The van der Waals surface area contributed by atoms with Gasteiger partial charge in [0.15, 0.2) is 6.23 Å². The summed E-state index contributed by atoms with van der Waals surface area (Å²) < 4.78 is 0. The molecule has 1 aliphatic carbocycles. The monoisotopic (exact) mass is 500 g/mol. The highest BCUT2D eigenvalue weighted by atomic mass is 16.3. The van der Waals surface area contributed by atoms with Crippen LogP contribution >= 0.6 is 0 Å². The van der Waals surface area contributed by atoms with E-state index in [-0.39, 0.29) is 11.3 Å². The Labute approximate surface area is 226 Å². The Bertz CT molecular complexity index is 1390. The zero-order valence-electron chi connectivity index (χ0n) is 21.9. The van der Waals surface area contributed by atoms with Crippen molar-refractivity contribution in [3.63, 3.8) is 0 Å². The van der Waals surface area contributed by atoms with E-state index in [9.17, 15) is 5.11 Å². The molecule has 4 aromatic carbocycles. The van der Waals surface area contributed by atoms with Gasteiger partial charge >= 0.3 is 0 Å². The van der Waals surface area contributed by atoms with Gasteiger partial charge in [-0.25, -0.2) is 4.99 Å². The molecule has 0 aromatic heterocycles. The van der Waals surface area contributed by atoms with E-state index in [2.05, 4.69) is 115 Å². The molecule has 1 atom stereocenters. The minimum atomic E-state index is -0.789. The molecule has 1 saturated carbocycles. The maximum Gasteiger partial charge on any atom is 0.153 e. The normalized spacial score (nSPS) is 19.2. The summed E-state index contributed by atoms with van der Waals surface area (Å²) in [7, 11) is 0. The number of rotatable bonds is 6. The molecule has 0 spiro atoms. The largest absolute Gasteiger partial charge is 0.371 e. The highest BCUT2D eigenvalue weighted by molar-refractivity contribution is 5.99.